The summed E-state index contributed by atoms with van der Waals surface area (Å²) in [6.45, 7) is 6.43. The van der Waals surface area contributed by atoms with Crippen LogP contribution in [0.1, 0.15) is 18.1 Å². The van der Waals surface area contributed by atoms with Crippen LogP contribution in [0.3, 0.4) is 0 Å². The van der Waals surface area contributed by atoms with Crippen molar-refractivity contribution in [3.63, 3.8) is 0 Å². The molecule has 4 nitrogen and oxygen atoms in total. The van der Waals surface area contributed by atoms with Crippen molar-refractivity contribution in [2.24, 2.45) is 0 Å². The molecule has 0 aliphatic carbocycles. The highest BCUT2D eigenvalue weighted by Crippen LogP contribution is 2.29. The van der Waals surface area contributed by atoms with Gasteiger partial charge in [0.2, 0.25) is 0 Å². The highest BCUT2D eigenvalue weighted by Gasteiger charge is 2.08. The van der Waals surface area contributed by atoms with Crippen LogP contribution in [-0.2, 0) is 15.9 Å². The highest BCUT2D eigenvalue weighted by atomic mass is 16.5. The molecule has 19 heavy (non-hydrogen) atoms. The van der Waals surface area contributed by atoms with Crippen molar-refractivity contribution >= 4 is 0 Å². The number of aryl methyl sites for hydroxylation is 2. The smallest absolute Gasteiger partial charge is 0.123 e. The summed E-state index contributed by atoms with van der Waals surface area (Å²) in [7, 11) is 3.34. The van der Waals surface area contributed by atoms with Gasteiger partial charge >= 0.3 is 0 Å². The first-order chi connectivity index (χ1) is 9.22. The number of benzene rings is 1. The summed E-state index contributed by atoms with van der Waals surface area (Å²) >= 11 is 0. The number of ether oxygens (including phenoxy) is 4. The van der Waals surface area contributed by atoms with Gasteiger partial charge in [-0.15, -0.1) is 0 Å². The first-order valence-corrected chi connectivity index (χ1v) is 6.59. The Morgan fingerprint density at radius 3 is 1.95 bits per heavy atom. The molecule has 1 aromatic rings. The molecule has 0 N–H and O–H groups in total. The van der Waals surface area contributed by atoms with E-state index in [9.17, 15) is 0 Å². The van der Waals surface area contributed by atoms with Gasteiger partial charge in [-0.3, -0.25) is 0 Å². The van der Waals surface area contributed by atoms with E-state index in [1.54, 1.807) is 14.2 Å². The summed E-state index contributed by atoms with van der Waals surface area (Å²) in [6, 6.07) is 4.07. The molecule has 0 heterocycles. The number of hydrogen-bond acceptors (Lipinski definition) is 4. The summed E-state index contributed by atoms with van der Waals surface area (Å²) in [5.74, 6) is 1.81. The fourth-order valence-corrected chi connectivity index (χ4v) is 1.74. The molecule has 0 radical (unpaired) electrons. The third-order valence-electron chi connectivity index (χ3n) is 2.83. The first kappa shape index (κ1) is 15.8. The Kier molecular flexibility index (Phi) is 7.30. The molecule has 0 bridgehead atoms. The third-order valence-corrected chi connectivity index (χ3v) is 2.83. The summed E-state index contributed by atoms with van der Waals surface area (Å²) in [4.78, 5) is 0. The molecule has 1 rings (SSSR count). The zero-order chi connectivity index (χ0) is 14.1. The molecule has 0 aromatic heterocycles. The second-order valence-corrected chi connectivity index (χ2v) is 4.26. The van der Waals surface area contributed by atoms with Gasteiger partial charge in [-0.2, -0.15) is 0 Å². The Labute approximate surface area is 115 Å². The summed E-state index contributed by atoms with van der Waals surface area (Å²) in [6.07, 6.45) is 0.906. The van der Waals surface area contributed by atoms with E-state index in [1.807, 2.05) is 19.1 Å². The molecule has 0 amide bonds. The van der Waals surface area contributed by atoms with Crippen LogP contribution in [0.15, 0.2) is 12.1 Å². The molecule has 0 atom stereocenters. The molecule has 1 aromatic carbocycles. The Hall–Kier alpha value is -1.26. The normalized spacial score (nSPS) is 10.5. The van der Waals surface area contributed by atoms with Crippen molar-refractivity contribution in [2.45, 2.75) is 20.3 Å². The van der Waals surface area contributed by atoms with Gasteiger partial charge in [-0.05, 0) is 36.6 Å². The monoisotopic (exact) mass is 268 g/mol. The van der Waals surface area contributed by atoms with Gasteiger partial charge in [0.1, 0.15) is 24.7 Å². The zero-order valence-corrected chi connectivity index (χ0v) is 12.3. The van der Waals surface area contributed by atoms with E-state index in [1.165, 1.54) is 0 Å². The van der Waals surface area contributed by atoms with Gasteiger partial charge in [0, 0.05) is 14.2 Å². The molecule has 0 unspecified atom stereocenters. The minimum Gasteiger partial charge on any atom is -0.491 e. The van der Waals surface area contributed by atoms with Crippen molar-refractivity contribution < 1.29 is 18.9 Å². The van der Waals surface area contributed by atoms with Crippen LogP contribution in [0.2, 0.25) is 0 Å². The van der Waals surface area contributed by atoms with Gasteiger partial charge in [0.05, 0.1) is 13.2 Å². The molecule has 0 aliphatic heterocycles. The Morgan fingerprint density at radius 2 is 1.42 bits per heavy atom. The van der Waals surface area contributed by atoms with Gasteiger partial charge in [0.25, 0.3) is 0 Å². The van der Waals surface area contributed by atoms with Gasteiger partial charge < -0.3 is 18.9 Å². The van der Waals surface area contributed by atoms with Crippen LogP contribution < -0.4 is 9.47 Å². The maximum absolute atomic E-state index is 5.72. The van der Waals surface area contributed by atoms with Crippen molar-refractivity contribution in [2.75, 3.05) is 40.6 Å². The van der Waals surface area contributed by atoms with Crippen molar-refractivity contribution in [3.8, 4) is 11.5 Å². The molecule has 0 spiro atoms. The lowest BCUT2D eigenvalue weighted by Gasteiger charge is -2.15. The van der Waals surface area contributed by atoms with Crippen LogP contribution in [0.25, 0.3) is 0 Å². The average molecular weight is 268 g/mol. The third kappa shape index (κ3) is 5.09. The number of hydrogen-bond donors (Lipinski definition) is 0. The fraction of sp³-hybridized carbons (Fsp3) is 0.600. The van der Waals surface area contributed by atoms with Crippen LogP contribution in [0, 0.1) is 6.92 Å². The van der Waals surface area contributed by atoms with E-state index in [2.05, 4.69) is 6.92 Å². The molecule has 4 heteroatoms. The van der Waals surface area contributed by atoms with Crippen LogP contribution in [0.5, 0.6) is 11.5 Å². The number of rotatable bonds is 9. The Morgan fingerprint density at radius 1 is 0.842 bits per heavy atom. The number of methoxy groups -OCH3 is 2. The average Bonchev–Trinajstić information content (AvgIpc) is 2.41. The van der Waals surface area contributed by atoms with E-state index in [0.29, 0.717) is 26.4 Å². The quantitative estimate of drug-likeness (QED) is 0.645. The minimum absolute atomic E-state index is 0.560. The van der Waals surface area contributed by atoms with Crippen LogP contribution in [-0.4, -0.2) is 40.6 Å². The lowest BCUT2D eigenvalue weighted by molar-refractivity contribution is 0.143. The van der Waals surface area contributed by atoms with E-state index in [4.69, 9.17) is 18.9 Å². The van der Waals surface area contributed by atoms with Crippen molar-refractivity contribution in [1.29, 1.82) is 0 Å². The van der Waals surface area contributed by atoms with E-state index in [0.717, 1.165) is 29.0 Å². The lowest BCUT2D eigenvalue weighted by atomic mass is 10.1. The molecule has 0 saturated heterocycles. The van der Waals surface area contributed by atoms with E-state index < -0.39 is 0 Å². The van der Waals surface area contributed by atoms with Gasteiger partial charge in [-0.25, -0.2) is 0 Å². The minimum atomic E-state index is 0.560. The van der Waals surface area contributed by atoms with Gasteiger partial charge in [-0.1, -0.05) is 6.92 Å². The van der Waals surface area contributed by atoms with Gasteiger partial charge in [0.15, 0.2) is 0 Å². The molecule has 0 saturated carbocycles. The Balaban J connectivity index is 2.75. The van der Waals surface area contributed by atoms with Crippen LogP contribution >= 0.6 is 0 Å². The highest BCUT2D eigenvalue weighted by molar-refractivity contribution is 5.46. The van der Waals surface area contributed by atoms with Crippen molar-refractivity contribution in [3.05, 3.63) is 23.3 Å². The lowest BCUT2D eigenvalue weighted by Crippen LogP contribution is -2.08. The topological polar surface area (TPSA) is 36.9 Å². The molecule has 0 fully saturated rings. The first-order valence-electron chi connectivity index (χ1n) is 6.59. The second kappa shape index (κ2) is 8.77. The standard InChI is InChI=1S/C15H24O4/c1-5-13-11-14(18-8-6-16-3)12(2)10-15(13)19-9-7-17-4/h10-11H,5-9H2,1-4H3. The maximum Gasteiger partial charge on any atom is 0.123 e. The van der Waals surface area contributed by atoms with Crippen LogP contribution in [0.4, 0.5) is 0 Å². The SMILES string of the molecule is CCc1cc(OCCOC)c(C)cc1OCCOC. The summed E-state index contributed by atoms with van der Waals surface area (Å²) in [5.41, 5.74) is 2.22. The molecule has 0 aliphatic rings. The summed E-state index contributed by atoms with van der Waals surface area (Å²) < 4.78 is 21.4. The molecular weight excluding hydrogens is 244 g/mol. The Bertz CT molecular complexity index is 377. The van der Waals surface area contributed by atoms with E-state index >= 15 is 0 Å². The summed E-state index contributed by atoms with van der Waals surface area (Å²) in [5, 5.41) is 0. The predicted molar refractivity (Wildman–Crippen MR) is 75.3 cm³/mol. The zero-order valence-electron chi connectivity index (χ0n) is 12.3. The second-order valence-electron chi connectivity index (χ2n) is 4.26. The van der Waals surface area contributed by atoms with Crippen molar-refractivity contribution in [1.82, 2.24) is 0 Å². The van der Waals surface area contributed by atoms with E-state index in [-0.39, 0.29) is 0 Å². The fourth-order valence-electron chi connectivity index (χ4n) is 1.74. The predicted octanol–water partition coefficient (Wildman–Crippen LogP) is 2.61. The maximum atomic E-state index is 5.72. The molecular formula is C15H24O4. The molecule has 108 valence electrons. The largest absolute Gasteiger partial charge is 0.491 e.